The van der Waals surface area contributed by atoms with Gasteiger partial charge in [0, 0.05) is 42.4 Å². The van der Waals surface area contributed by atoms with Gasteiger partial charge in [-0.3, -0.25) is 14.5 Å². The molecule has 0 radical (unpaired) electrons. The lowest BCUT2D eigenvalue weighted by Gasteiger charge is -2.34. The number of piperazine rings is 1. The van der Waals surface area contributed by atoms with Crippen LogP contribution in [-0.2, 0) is 4.79 Å². The van der Waals surface area contributed by atoms with E-state index in [0.29, 0.717) is 32.0 Å². The summed E-state index contributed by atoms with van der Waals surface area (Å²) in [7, 11) is 0. The SMILES string of the molecule is O=C(CN1CCN(C(=O)c2cccc3ccccc23)CC1)Nc1ccc(Br)cn1. The van der Waals surface area contributed by atoms with Gasteiger partial charge in [0.2, 0.25) is 5.91 Å². The predicted molar refractivity (Wildman–Crippen MR) is 117 cm³/mol. The lowest BCUT2D eigenvalue weighted by molar-refractivity contribution is -0.117. The van der Waals surface area contributed by atoms with Gasteiger partial charge < -0.3 is 10.2 Å². The predicted octanol–water partition coefficient (Wildman–Crippen LogP) is 3.39. The largest absolute Gasteiger partial charge is 0.336 e. The van der Waals surface area contributed by atoms with Crippen molar-refractivity contribution in [1.29, 1.82) is 0 Å². The molecule has 0 aliphatic carbocycles. The highest BCUT2D eigenvalue weighted by atomic mass is 79.9. The summed E-state index contributed by atoms with van der Waals surface area (Å²) in [5.41, 5.74) is 0.732. The summed E-state index contributed by atoms with van der Waals surface area (Å²) >= 11 is 3.32. The van der Waals surface area contributed by atoms with Crippen molar-refractivity contribution >= 4 is 44.3 Å². The molecule has 1 aliphatic heterocycles. The summed E-state index contributed by atoms with van der Waals surface area (Å²) in [6.07, 6.45) is 1.65. The zero-order valence-corrected chi connectivity index (χ0v) is 17.4. The van der Waals surface area contributed by atoms with Gasteiger partial charge in [0.05, 0.1) is 6.54 Å². The number of anilines is 1. The fourth-order valence-corrected chi connectivity index (χ4v) is 3.76. The highest BCUT2D eigenvalue weighted by molar-refractivity contribution is 9.10. The summed E-state index contributed by atoms with van der Waals surface area (Å²) in [4.78, 5) is 33.4. The smallest absolute Gasteiger partial charge is 0.254 e. The Morgan fingerprint density at radius 1 is 0.966 bits per heavy atom. The molecule has 7 heteroatoms. The number of rotatable bonds is 4. The van der Waals surface area contributed by atoms with Crippen LogP contribution in [0.1, 0.15) is 10.4 Å². The third kappa shape index (κ3) is 4.63. The zero-order chi connectivity index (χ0) is 20.2. The number of benzene rings is 2. The normalized spacial score (nSPS) is 14.7. The first-order valence-corrected chi connectivity index (χ1v) is 10.3. The van der Waals surface area contributed by atoms with E-state index in [9.17, 15) is 9.59 Å². The monoisotopic (exact) mass is 452 g/mol. The number of hydrogen-bond donors (Lipinski definition) is 1. The second-order valence-electron chi connectivity index (χ2n) is 7.00. The molecule has 4 rings (SSSR count). The van der Waals surface area contributed by atoms with Crippen LogP contribution in [0, 0.1) is 0 Å². The number of fused-ring (bicyclic) bond motifs is 1. The minimum absolute atomic E-state index is 0.0463. The molecule has 0 unspecified atom stereocenters. The van der Waals surface area contributed by atoms with Crippen LogP contribution in [0.2, 0.25) is 0 Å². The van der Waals surface area contributed by atoms with Crippen molar-refractivity contribution in [3.8, 4) is 0 Å². The number of nitrogens with zero attached hydrogens (tertiary/aromatic N) is 3. The number of carbonyl (C=O) groups is 2. The number of nitrogens with one attached hydrogen (secondary N) is 1. The number of pyridine rings is 1. The lowest BCUT2D eigenvalue weighted by Crippen LogP contribution is -2.50. The van der Waals surface area contributed by atoms with Crippen LogP contribution in [0.4, 0.5) is 5.82 Å². The van der Waals surface area contributed by atoms with Crippen molar-refractivity contribution < 1.29 is 9.59 Å². The van der Waals surface area contributed by atoms with Crippen molar-refractivity contribution in [3.63, 3.8) is 0 Å². The van der Waals surface area contributed by atoms with E-state index in [0.717, 1.165) is 20.8 Å². The van der Waals surface area contributed by atoms with Crippen molar-refractivity contribution in [1.82, 2.24) is 14.8 Å². The van der Waals surface area contributed by atoms with Gasteiger partial charge in [0.15, 0.2) is 0 Å². The van der Waals surface area contributed by atoms with Crippen molar-refractivity contribution in [2.75, 3.05) is 38.0 Å². The molecule has 1 aromatic heterocycles. The molecule has 1 N–H and O–H groups in total. The molecule has 0 spiro atoms. The van der Waals surface area contributed by atoms with E-state index in [2.05, 4.69) is 31.1 Å². The molecular formula is C22H21BrN4O2. The molecule has 2 amide bonds. The third-order valence-corrected chi connectivity index (χ3v) is 5.51. The number of aromatic nitrogens is 1. The maximum Gasteiger partial charge on any atom is 0.254 e. The second-order valence-corrected chi connectivity index (χ2v) is 7.92. The molecular weight excluding hydrogens is 432 g/mol. The van der Waals surface area contributed by atoms with Gasteiger partial charge in [-0.15, -0.1) is 0 Å². The van der Waals surface area contributed by atoms with Crippen LogP contribution >= 0.6 is 15.9 Å². The molecule has 29 heavy (non-hydrogen) atoms. The number of carbonyl (C=O) groups excluding carboxylic acids is 2. The molecule has 1 fully saturated rings. The fraction of sp³-hybridized carbons (Fsp3) is 0.227. The van der Waals surface area contributed by atoms with Crippen molar-refractivity contribution in [2.24, 2.45) is 0 Å². The number of hydrogen-bond acceptors (Lipinski definition) is 4. The van der Waals surface area contributed by atoms with Gasteiger partial charge in [0.25, 0.3) is 5.91 Å². The standard InChI is InChI=1S/C22H21BrN4O2/c23-17-8-9-20(24-14-17)25-21(28)15-26-10-12-27(13-11-26)22(29)19-7-3-5-16-4-1-2-6-18(16)19/h1-9,14H,10-13,15H2,(H,24,25,28). The molecule has 148 valence electrons. The zero-order valence-electron chi connectivity index (χ0n) is 15.8. The summed E-state index contributed by atoms with van der Waals surface area (Å²) in [5, 5.41) is 4.84. The Morgan fingerprint density at radius 3 is 2.48 bits per heavy atom. The lowest BCUT2D eigenvalue weighted by atomic mass is 10.0. The molecule has 2 heterocycles. The molecule has 0 atom stereocenters. The molecule has 2 aromatic carbocycles. The minimum Gasteiger partial charge on any atom is -0.336 e. The summed E-state index contributed by atoms with van der Waals surface area (Å²) in [5.74, 6) is 0.474. The van der Waals surface area contributed by atoms with Crippen LogP contribution in [0.25, 0.3) is 10.8 Å². The Labute approximate surface area is 177 Å². The van der Waals surface area contributed by atoms with Crippen LogP contribution in [-0.4, -0.2) is 59.3 Å². The van der Waals surface area contributed by atoms with E-state index in [1.165, 1.54) is 0 Å². The summed E-state index contributed by atoms with van der Waals surface area (Å²) < 4.78 is 0.863. The van der Waals surface area contributed by atoms with E-state index in [1.54, 1.807) is 12.3 Å². The van der Waals surface area contributed by atoms with Gasteiger partial charge in [-0.05, 0) is 44.9 Å². The molecule has 3 aromatic rings. The molecule has 1 saturated heterocycles. The molecule has 0 bridgehead atoms. The first-order valence-electron chi connectivity index (χ1n) is 9.51. The van der Waals surface area contributed by atoms with Crippen LogP contribution < -0.4 is 5.32 Å². The quantitative estimate of drug-likeness (QED) is 0.658. The van der Waals surface area contributed by atoms with Crippen molar-refractivity contribution in [3.05, 3.63) is 70.8 Å². The average Bonchev–Trinajstić information content (AvgIpc) is 2.75. The average molecular weight is 453 g/mol. The summed E-state index contributed by atoms with van der Waals surface area (Å²) in [6.45, 7) is 2.82. The van der Waals surface area contributed by atoms with E-state index in [-0.39, 0.29) is 18.4 Å². The topological polar surface area (TPSA) is 65.5 Å². The van der Waals surface area contributed by atoms with Gasteiger partial charge in [-0.25, -0.2) is 4.98 Å². The van der Waals surface area contributed by atoms with E-state index in [4.69, 9.17) is 0 Å². The van der Waals surface area contributed by atoms with Crippen molar-refractivity contribution in [2.45, 2.75) is 0 Å². The molecule has 0 saturated carbocycles. The van der Waals surface area contributed by atoms with Gasteiger partial charge in [-0.1, -0.05) is 36.4 Å². The van der Waals surface area contributed by atoms with Crippen LogP contribution in [0.5, 0.6) is 0 Å². The van der Waals surface area contributed by atoms with Gasteiger partial charge in [-0.2, -0.15) is 0 Å². The van der Waals surface area contributed by atoms with Gasteiger partial charge >= 0.3 is 0 Å². The first kappa shape index (κ1) is 19.5. The van der Waals surface area contributed by atoms with Crippen LogP contribution in [0.3, 0.4) is 0 Å². The van der Waals surface area contributed by atoms with Gasteiger partial charge in [0.1, 0.15) is 5.82 Å². The first-order chi connectivity index (χ1) is 14.1. The third-order valence-electron chi connectivity index (χ3n) is 5.04. The number of amides is 2. The highest BCUT2D eigenvalue weighted by Gasteiger charge is 2.24. The Bertz CT molecular complexity index is 1030. The van der Waals surface area contributed by atoms with E-state index in [1.807, 2.05) is 53.4 Å². The second kappa shape index (κ2) is 8.71. The Balaban J connectivity index is 1.33. The number of halogens is 1. The fourth-order valence-electron chi connectivity index (χ4n) is 3.53. The maximum absolute atomic E-state index is 13.0. The maximum atomic E-state index is 13.0. The molecule has 6 nitrogen and oxygen atoms in total. The highest BCUT2D eigenvalue weighted by Crippen LogP contribution is 2.20. The Kier molecular flexibility index (Phi) is 5.87. The molecule has 1 aliphatic rings. The van der Waals surface area contributed by atoms with Crippen LogP contribution in [0.15, 0.2) is 65.3 Å². The Morgan fingerprint density at radius 2 is 1.72 bits per heavy atom. The van der Waals surface area contributed by atoms with E-state index < -0.39 is 0 Å². The summed E-state index contributed by atoms with van der Waals surface area (Å²) in [6, 6.07) is 17.3. The Hall–Kier alpha value is -2.77. The van der Waals surface area contributed by atoms with E-state index >= 15 is 0 Å². The minimum atomic E-state index is -0.103.